The van der Waals surface area contributed by atoms with Gasteiger partial charge in [0.15, 0.2) is 0 Å². The Balaban J connectivity index is 0.000000246. The lowest BCUT2D eigenvalue weighted by molar-refractivity contribution is 0.857. The van der Waals surface area contributed by atoms with Crippen LogP contribution in [-0.4, -0.2) is 22.6 Å². The maximum Gasteiger partial charge on any atom is 0.144 e. The van der Waals surface area contributed by atoms with Crippen LogP contribution in [0.5, 0.6) is 0 Å². The lowest BCUT2D eigenvalue weighted by Crippen LogP contribution is -2.03. The van der Waals surface area contributed by atoms with Gasteiger partial charge in [0, 0.05) is 23.5 Å². The molecule has 3 heterocycles. The van der Waals surface area contributed by atoms with Crippen molar-refractivity contribution >= 4 is 11.0 Å². The molecular formula is C19H23N3. The number of rotatable bonds is 1. The van der Waals surface area contributed by atoms with Gasteiger partial charge in [-0.2, -0.15) is 0 Å². The Hall–Kier alpha value is -2.13. The summed E-state index contributed by atoms with van der Waals surface area (Å²) in [5.74, 6) is 0. The number of aromatic nitrogens is 2. The highest BCUT2D eigenvalue weighted by molar-refractivity contribution is 5.78. The largest absolute Gasteiger partial charge is 0.317 e. The van der Waals surface area contributed by atoms with E-state index >= 15 is 0 Å². The molecule has 4 rings (SSSR count). The van der Waals surface area contributed by atoms with Crippen molar-refractivity contribution in [3.63, 3.8) is 0 Å². The first-order chi connectivity index (χ1) is 10.7. The molecule has 0 bridgehead atoms. The minimum atomic E-state index is 1.01. The van der Waals surface area contributed by atoms with E-state index in [2.05, 4.69) is 71.3 Å². The maximum atomic E-state index is 4.50. The number of benzene rings is 1. The molecule has 22 heavy (non-hydrogen) atoms. The highest BCUT2D eigenvalue weighted by atomic mass is 15.0. The molecule has 3 heteroatoms. The summed E-state index contributed by atoms with van der Waals surface area (Å²) in [5, 5.41) is 4.41. The van der Waals surface area contributed by atoms with E-state index in [9.17, 15) is 0 Å². The van der Waals surface area contributed by atoms with E-state index in [1.54, 1.807) is 0 Å². The smallest absolute Gasteiger partial charge is 0.144 e. The van der Waals surface area contributed by atoms with Crippen LogP contribution in [0.2, 0.25) is 0 Å². The number of hydrogen-bond acceptors (Lipinski definition) is 2. The molecule has 0 unspecified atom stereocenters. The lowest BCUT2D eigenvalue weighted by Gasteiger charge is -2.05. The maximum absolute atomic E-state index is 4.50. The van der Waals surface area contributed by atoms with E-state index in [4.69, 9.17) is 0 Å². The van der Waals surface area contributed by atoms with Crippen LogP contribution in [-0.2, 0) is 0 Å². The second-order valence-corrected chi connectivity index (χ2v) is 5.90. The number of fused-ring (bicyclic) bond motifs is 1. The van der Waals surface area contributed by atoms with Gasteiger partial charge in [-0.3, -0.25) is 0 Å². The minimum Gasteiger partial charge on any atom is -0.317 e. The number of aryl methyl sites for hydroxylation is 2. The third kappa shape index (κ3) is 3.37. The molecule has 0 amide bonds. The summed E-state index contributed by atoms with van der Waals surface area (Å²) in [6.45, 7) is 6.66. The van der Waals surface area contributed by atoms with Crippen LogP contribution >= 0.6 is 0 Å². The van der Waals surface area contributed by atoms with Crippen LogP contribution in [0.3, 0.4) is 0 Å². The van der Waals surface area contributed by atoms with Gasteiger partial charge in [-0.1, -0.05) is 17.7 Å². The van der Waals surface area contributed by atoms with Gasteiger partial charge in [-0.25, -0.2) is 4.98 Å². The van der Waals surface area contributed by atoms with E-state index in [0.29, 0.717) is 0 Å². The van der Waals surface area contributed by atoms with Gasteiger partial charge in [0.1, 0.15) is 5.65 Å². The van der Waals surface area contributed by atoms with Crippen molar-refractivity contribution in [1.29, 1.82) is 0 Å². The molecule has 1 aromatic carbocycles. The molecule has 114 valence electrons. The predicted molar refractivity (Wildman–Crippen MR) is 92.6 cm³/mol. The van der Waals surface area contributed by atoms with Crippen LogP contribution in [0.1, 0.15) is 24.0 Å². The molecule has 1 N–H and O–H groups in total. The van der Waals surface area contributed by atoms with E-state index in [-0.39, 0.29) is 0 Å². The van der Waals surface area contributed by atoms with Crippen LogP contribution < -0.4 is 5.32 Å². The first kappa shape index (κ1) is 14.8. The first-order valence-electron chi connectivity index (χ1n) is 7.95. The molecule has 3 aromatic rings. The monoisotopic (exact) mass is 293 g/mol. The zero-order valence-electron chi connectivity index (χ0n) is 13.3. The zero-order valence-corrected chi connectivity index (χ0v) is 13.3. The molecule has 3 nitrogen and oxygen atoms in total. The molecule has 2 aromatic heterocycles. The van der Waals surface area contributed by atoms with Crippen molar-refractivity contribution in [2.24, 2.45) is 0 Å². The van der Waals surface area contributed by atoms with E-state index in [1.165, 1.54) is 42.4 Å². The highest BCUT2D eigenvalue weighted by Crippen LogP contribution is 2.19. The molecular weight excluding hydrogens is 270 g/mol. The number of nitrogens with one attached hydrogen (secondary N) is 1. The zero-order chi connectivity index (χ0) is 15.4. The first-order valence-corrected chi connectivity index (χ1v) is 7.95. The molecule has 1 saturated heterocycles. The summed E-state index contributed by atoms with van der Waals surface area (Å²) >= 11 is 0. The summed E-state index contributed by atoms with van der Waals surface area (Å²) < 4.78 is 2.12. The third-order valence-electron chi connectivity index (χ3n) is 3.93. The molecule has 0 aliphatic carbocycles. The van der Waals surface area contributed by atoms with Gasteiger partial charge in [0.2, 0.25) is 0 Å². The Bertz CT molecular complexity index is 729. The molecule has 0 radical (unpaired) electrons. The average molecular weight is 293 g/mol. The predicted octanol–water partition coefficient (Wildman–Crippen LogP) is 4.01. The Labute approximate surface area is 132 Å². The highest BCUT2D eigenvalue weighted by Gasteiger charge is 2.04. The summed E-state index contributed by atoms with van der Waals surface area (Å²) in [6.07, 6.45) is 6.76. The Morgan fingerprint density at radius 3 is 2.32 bits per heavy atom. The van der Waals surface area contributed by atoms with Gasteiger partial charge in [0.05, 0.1) is 0 Å². The van der Waals surface area contributed by atoms with Gasteiger partial charge < -0.3 is 9.88 Å². The van der Waals surface area contributed by atoms with Crippen molar-refractivity contribution in [2.45, 2.75) is 26.7 Å². The summed E-state index contributed by atoms with van der Waals surface area (Å²) in [4.78, 5) is 4.50. The fourth-order valence-electron chi connectivity index (χ4n) is 2.67. The van der Waals surface area contributed by atoms with Crippen molar-refractivity contribution in [3.8, 4) is 5.69 Å². The van der Waals surface area contributed by atoms with Crippen molar-refractivity contribution < 1.29 is 0 Å². The molecule has 0 saturated carbocycles. The van der Waals surface area contributed by atoms with Crippen molar-refractivity contribution in [1.82, 2.24) is 14.9 Å². The quantitative estimate of drug-likeness (QED) is 0.734. The van der Waals surface area contributed by atoms with Crippen molar-refractivity contribution in [2.75, 3.05) is 13.1 Å². The summed E-state index contributed by atoms with van der Waals surface area (Å²) in [6, 6.07) is 12.7. The van der Waals surface area contributed by atoms with Gasteiger partial charge in [0.25, 0.3) is 0 Å². The van der Waals surface area contributed by atoms with Gasteiger partial charge in [-0.15, -0.1) is 0 Å². The summed E-state index contributed by atoms with van der Waals surface area (Å²) in [5.41, 5.74) is 4.63. The average Bonchev–Trinajstić information content (AvgIpc) is 3.20. The Morgan fingerprint density at radius 1 is 0.955 bits per heavy atom. The Morgan fingerprint density at radius 2 is 1.68 bits per heavy atom. The van der Waals surface area contributed by atoms with E-state index in [1.807, 2.05) is 6.20 Å². The molecule has 1 aliphatic rings. The van der Waals surface area contributed by atoms with Crippen molar-refractivity contribution in [3.05, 3.63) is 59.9 Å². The number of nitrogens with zero attached hydrogens (tertiary/aromatic N) is 2. The normalized spacial score (nSPS) is 13.9. The Kier molecular flexibility index (Phi) is 4.54. The van der Waals surface area contributed by atoms with E-state index in [0.717, 1.165) is 11.3 Å². The van der Waals surface area contributed by atoms with Gasteiger partial charge >= 0.3 is 0 Å². The standard InChI is InChI=1S/C15H14N2.C4H9N/c1-11-3-5-14(6-4-11)17-8-7-13-9-12(2)10-16-15(13)17;1-2-4-5-3-1/h3-10H,1-2H3;5H,1-4H2. The molecule has 0 spiro atoms. The molecule has 0 atom stereocenters. The fraction of sp³-hybridized carbons (Fsp3) is 0.316. The summed E-state index contributed by atoms with van der Waals surface area (Å²) in [7, 11) is 0. The molecule has 1 aliphatic heterocycles. The third-order valence-corrected chi connectivity index (χ3v) is 3.93. The van der Waals surface area contributed by atoms with E-state index < -0.39 is 0 Å². The minimum absolute atomic E-state index is 1.01. The fourth-order valence-corrected chi connectivity index (χ4v) is 2.67. The van der Waals surface area contributed by atoms with Crippen LogP contribution in [0.25, 0.3) is 16.7 Å². The van der Waals surface area contributed by atoms with Crippen LogP contribution in [0, 0.1) is 13.8 Å². The SMILES string of the molecule is C1CCNC1.Cc1ccc(-n2ccc3cc(C)cnc32)cc1. The molecule has 1 fully saturated rings. The second-order valence-electron chi connectivity index (χ2n) is 5.90. The van der Waals surface area contributed by atoms with Crippen LogP contribution in [0.15, 0.2) is 48.8 Å². The number of pyridine rings is 1. The lowest BCUT2D eigenvalue weighted by atomic mass is 10.2. The number of hydrogen-bond donors (Lipinski definition) is 1. The van der Waals surface area contributed by atoms with Gasteiger partial charge in [-0.05, 0) is 69.6 Å². The van der Waals surface area contributed by atoms with Crippen LogP contribution in [0.4, 0.5) is 0 Å². The second kappa shape index (κ2) is 6.75. The topological polar surface area (TPSA) is 29.9 Å².